The molecule has 0 aromatic heterocycles. The molecule has 2 bridgehead atoms. The zero-order chi connectivity index (χ0) is 47.0. The molecule has 4 aliphatic rings. The quantitative estimate of drug-likeness (QED) is 0.0538. The fraction of sp³-hybridized carbons (Fsp3) is 0.711. The molecule has 16 nitrogen and oxygen atoms in total. The topological polar surface area (TPSA) is 208 Å². The second-order valence-corrected chi connectivity index (χ2v) is 18.2. The van der Waals surface area contributed by atoms with Crippen molar-refractivity contribution in [3.8, 4) is 0 Å². The van der Waals surface area contributed by atoms with Gasteiger partial charge in [-0.15, -0.1) is 0 Å². The van der Waals surface area contributed by atoms with Crippen LogP contribution in [0.15, 0.2) is 30.3 Å². The number of hydroxylamine groups is 2. The molecule has 5 rings (SSSR count). The fourth-order valence-electron chi connectivity index (χ4n) is 8.84. The highest BCUT2D eigenvalue weighted by atomic mass is 19.4. The van der Waals surface area contributed by atoms with E-state index in [-0.39, 0.29) is 25.8 Å². The predicted octanol–water partition coefficient (Wildman–Crippen LogP) is 4.71. The summed E-state index contributed by atoms with van der Waals surface area (Å²) in [5, 5.41) is 27.7. The van der Waals surface area contributed by atoms with E-state index in [2.05, 4.69) is 29.2 Å². The number of hydrogen-bond acceptors (Lipinski definition) is 14. The van der Waals surface area contributed by atoms with Crippen LogP contribution in [0.1, 0.15) is 123 Å². The van der Waals surface area contributed by atoms with Crippen molar-refractivity contribution in [2.24, 2.45) is 5.41 Å². The first-order valence-corrected chi connectivity index (χ1v) is 22.3. The average Bonchev–Trinajstić information content (AvgIpc) is 3.77. The molecule has 3 saturated heterocycles. The number of nitrogens with zero attached hydrogens (tertiary/aromatic N) is 1. The first-order chi connectivity index (χ1) is 30.1. The summed E-state index contributed by atoms with van der Waals surface area (Å²) in [4.78, 5) is 74.0. The first-order valence-electron chi connectivity index (χ1n) is 22.3. The van der Waals surface area contributed by atoms with Crippen LogP contribution in [0.4, 0.5) is 13.2 Å². The summed E-state index contributed by atoms with van der Waals surface area (Å²) < 4.78 is 66.8. The second kappa shape index (κ2) is 21.4. The molecule has 1 aliphatic carbocycles. The molecule has 2 amide bonds. The molecular weight excluding hydrogens is 847 g/mol. The van der Waals surface area contributed by atoms with Crippen LogP contribution in [-0.4, -0.2) is 124 Å². The summed E-state index contributed by atoms with van der Waals surface area (Å²) >= 11 is 0. The molecule has 0 spiro atoms. The number of halogens is 3. The van der Waals surface area contributed by atoms with Gasteiger partial charge in [-0.1, -0.05) is 63.8 Å². The molecule has 2 unspecified atom stereocenters. The Morgan fingerprint density at radius 1 is 0.984 bits per heavy atom. The van der Waals surface area contributed by atoms with Crippen LogP contribution >= 0.6 is 0 Å². The molecular formula is C45H64F3N3O13. The van der Waals surface area contributed by atoms with Crippen LogP contribution in [-0.2, 0) is 59.0 Å². The van der Waals surface area contributed by atoms with E-state index >= 15 is 4.79 Å². The summed E-state index contributed by atoms with van der Waals surface area (Å²) in [7, 11) is 0. The van der Waals surface area contributed by atoms with Gasteiger partial charge in [-0.3, -0.25) is 24.0 Å². The van der Waals surface area contributed by atoms with Crippen molar-refractivity contribution in [3.05, 3.63) is 41.5 Å². The molecule has 1 aromatic carbocycles. The lowest BCUT2D eigenvalue weighted by Gasteiger charge is -2.49. The third-order valence-electron chi connectivity index (χ3n) is 11.8. The van der Waals surface area contributed by atoms with Gasteiger partial charge >= 0.3 is 24.1 Å². The number of nitrogens with one attached hydrogen (secondary N) is 2. The number of fused-ring (bicyclic) bond motifs is 4. The molecule has 9 atom stereocenters. The first kappa shape index (κ1) is 50.9. The number of hydrogen-bond donors (Lipinski definition) is 4. The summed E-state index contributed by atoms with van der Waals surface area (Å²) in [6, 6.07) is 2.60. The zero-order valence-electron chi connectivity index (χ0n) is 37.4. The highest BCUT2D eigenvalue weighted by Gasteiger charge is 2.76. The Labute approximate surface area is 371 Å². The van der Waals surface area contributed by atoms with E-state index < -0.39 is 115 Å². The van der Waals surface area contributed by atoms with Gasteiger partial charge < -0.3 is 44.5 Å². The normalized spacial score (nSPS) is 26.4. The van der Waals surface area contributed by atoms with E-state index in [0.29, 0.717) is 24.0 Å². The molecule has 1 aromatic rings. The molecule has 1 saturated carbocycles. The van der Waals surface area contributed by atoms with Gasteiger partial charge in [0.15, 0.2) is 18.4 Å². The minimum Gasteiger partial charge on any atom is -0.460 e. The number of ether oxygens (including phenoxy) is 5. The number of carbonyl (C=O) groups is 5. The lowest BCUT2D eigenvalue weighted by Crippen LogP contribution is -2.71. The predicted molar refractivity (Wildman–Crippen MR) is 222 cm³/mol. The van der Waals surface area contributed by atoms with Crippen LogP contribution in [0, 0.1) is 5.41 Å². The summed E-state index contributed by atoms with van der Waals surface area (Å²) in [6.07, 6.45) is -1.44. The largest absolute Gasteiger partial charge is 0.460 e. The van der Waals surface area contributed by atoms with E-state index in [9.17, 15) is 42.6 Å². The maximum absolute atomic E-state index is 15.1. The molecule has 4 N–H and O–H groups in total. The minimum atomic E-state index is -4.67. The van der Waals surface area contributed by atoms with Crippen molar-refractivity contribution < 1.29 is 75.9 Å². The molecule has 3 aliphatic heterocycles. The van der Waals surface area contributed by atoms with Crippen LogP contribution in [0.2, 0.25) is 0 Å². The smallest absolute Gasteiger partial charge is 0.422 e. The number of amides is 2. The van der Waals surface area contributed by atoms with Crippen molar-refractivity contribution in [2.75, 3.05) is 13.2 Å². The number of esters is 3. The van der Waals surface area contributed by atoms with Crippen LogP contribution in [0.25, 0.3) is 6.08 Å². The third-order valence-corrected chi connectivity index (χ3v) is 11.8. The Kier molecular flexibility index (Phi) is 17.0. The van der Waals surface area contributed by atoms with Crippen LogP contribution in [0.3, 0.4) is 0 Å². The average molecular weight is 912 g/mol. The van der Waals surface area contributed by atoms with Gasteiger partial charge in [0.1, 0.15) is 41.5 Å². The summed E-state index contributed by atoms with van der Waals surface area (Å²) in [6.45, 7) is 8.27. The molecule has 0 radical (unpaired) electrons. The van der Waals surface area contributed by atoms with Crippen molar-refractivity contribution in [2.45, 2.75) is 185 Å². The Morgan fingerprint density at radius 2 is 1.62 bits per heavy atom. The van der Waals surface area contributed by atoms with Crippen LogP contribution in [0.5, 0.6) is 0 Å². The van der Waals surface area contributed by atoms with E-state index in [1.165, 1.54) is 18.1 Å². The minimum absolute atomic E-state index is 0.00642. The summed E-state index contributed by atoms with van der Waals surface area (Å²) in [5.74, 6) is -5.16. The molecule has 19 heteroatoms. The van der Waals surface area contributed by atoms with E-state index in [1.54, 1.807) is 45.0 Å². The van der Waals surface area contributed by atoms with E-state index in [0.717, 1.165) is 44.6 Å². The van der Waals surface area contributed by atoms with Gasteiger partial charge in [-0.2, -0.15) is 18.2 Å². The third kappa shape index (κ3) is 12.6. The van der Waals surface area contributed by atoms with Gasteiger partial charge in [-0.25, -0.2) is 4.79 Å². The lowest BCUT2D eigenvalue weighted by molar-refractivity contribution is -0.224. The zero-order valence-corrected chi connectivity index (χ0v) is 37.4. The lowest BCUT2D eigenvalue weighted by atomic mass is 9.62. The number of aliphatic hydroxyl groups is 2. The Bertz CT molecular complexity index is 1810. The van der Waals surface area contributed by atoms with Gasteiger partial charge in [0.2, 0.25) is 11.8 Å². The van der Waals surface area contributed by atoms with Gasteiger partial charge in [0, 0.05) is 31.8 Å². The summed E-state index contributed by atoms with van der Waals surface area (Å²) in [5.41, 5.74) is -1.43. The number of alkyl halides is 3. The standard InChI is InChI=1S/C45H64F3N3O13/c1-7-9-11-21-43(22-12-10-8-2)62-35-31-23-44(41(58)50-34(27(3)53)39(56)49-30(25-52)18-20-33(55)61-42(4,5)6)37(40(57)60-31)51(64-38(44)36(35)63-43)24-29-15-13-28(14-16-29)17-19-32(54)59-26-45(46,47)48/h13-17,19,27,30-31,34-38,52-53H,7-12,18,20-26H2,1-6H3,(H,49,56)(H,50,58)/t27-,30-,31?,34+,35-,36-,37-,38+,44?/m0/s1. The Balaban J connectivity index is 1.43. The van der Waals surface area contributed by atoms with E-state index in [1.807, 2.05) is 0 Å². The van der Waals surface area contributed by atoms with Crippen molar-refractivity contribution in [1.82, 2.24) is 15.7 Å². The number of benzene rings is 1. The van der Waals surface area contributed by atoms with E-state index in [4.69, 9.17) is 23.8 Å². The monoisotopic (exact) mass is 911 g/mol. The Hall–Kier alpha value is -4.14. The van der Waals surface area contributed by atoms with Gasteiger partial charge in [0.25, 0.3) is 0 Å². The highest BCUT2D eigenvalue weighted by Crippen LogP contribution is 2.58. The highest BCUT2D eigenvalue weighted by molar-refractivity contribution is 5.96. The fourth-order valence-corrected chi connectivity index (χ4v) is 8.84. The van der Waals surface area contributed by atoms with Crippen molar-refractivity contribution in [1.29, 1.82) is 0 Å². The molecule has 64 heavy (non-hydrogen) atoms. The number of unbranched alkanes of at least 4 members (excludes halogenated alkanes) is 4. The van der Waals surface area contributed by atoms with Crippen molar-refractivity contribution in [3.63, 3.8) is 0 Å². The number of carbonyl (C=O) groups excluding carboxylic acids is 5. The SMILES string of the molecule is CCCCCC1(CCCCC)O[C@@H]2[C@H]3ON(Cc4ccc(C=CC(=O)OCC(F)(F)F)cc4)[C@H]4C(=O)OC(CC34C(=O)N[C@@H](C(=O)N[C@H](CO)CCC(=O)OC(C)(C)C)[C@H](C)O)[C@@H]2O1. The second-order valence-electron chi connectivity index (χ2n) is 18.2. The maximum Gasteiger partial charge on any atom is 0.422 e. The maximum atomic E-state index is 15.1. The van der Waals surface area contributed by atoms with Crippen molar-refractivity contribution >= 4 is 35.8 Å². The molecule has 358 valence electrons. The van der Waals surface area contributed by atoms with Crippen LogP contribution < -0.4 is 10.6 Å². The number of rotatable bonds is 22. The molecule has 4 fully saturated rings. The molecule has 3 heterocycles. The van der Waals surface area contributed by atoms with Gasteiger partial charge in [0.05, 0.1) is 25.3 Å². The van der Waals surface area contributed by atoms with Gasteiger partial charge in [-0.05, 0) is 64.2 Å². The Morgan fingerprint density at radius 3 is 2.20 bits per heavy atom. The number of aliphatic hydroxyl groups excluding tert-OH is 2.